The van der Waals surface area contributed by atoms with Crippen molar-refractivity contribution in [3.63, 3.8) is 0 Å². The minimum absolute atomic E-state index is 0.0251. The Balaban J connectivity index is 1.56. The summed E-state index contributed by atoms with van der Waals surface area (Å²) in [6.07, 6.45) is 7.95. The second-order valence-electron chi connectivity index (χ2n) is 6.18. The summed E-state index contributed by atoms with van der Waals surface area (Å²) in [4.78, 5) is 18.8. The molecular formula is C16H26N4O2. The fourth-order valence-electron chi connectivity index (χ4n) is 3.37. The van der Waals surface area contributed by atoms with Crippen LogP contribution in [0.25, 0.3) is 0 Å². The van der Waals surface area contributed by atoms with Gasteiger partial charge in [0, 0.05) is 50.7 Å². The quantitative estimate of drug-likeness (QED) is 0.899. The molecule has 0 aliphatic carbocycles. The van der Waals surface area contributed by atoms with Gasteiger partial charge < -0.3 is 19.5 Å². The molecule has 2 aliphatic heterocycles. The van der Waals surface area contributed by atoms with E-state index in [9.17, 15) is 4.79 Å². The molecule has 1 atom stereocenters. The Hall–Kier alpha value is -1.40. The number of hydrogen-bond acceptors (Lipinski definition) is 5. The Bertz CT molecular complexity index is 531. The summed E-state index contributed by atoms with van der Waals surface area (Å²) in [6.45, 7) is 6.19. The number of aryl methyl sites for hydroxylation is 1. The Morgan fingerprint density at radius 2 is 2.14 bits per heavy atom. The lowest BCUT2D eigenvalue weighted by Crippen LogP contribution is -2.49. The molecule has 0 spiro atoms. The predicted molar refractivity (Wildman–Crippen MR) is 86.4 cm³/mol. The second kappa shape index (κ2) is 7.24. The number of rotatable bonds is 4. The molecule has 0 bridgehead atoms. The number of nitrogens with zero attached hydrogens (tertiary/aromatic N) is 3. The lowest BCUT2D eigenvalue weighted by molar-refractivity contribution is 0.0650. The summed E-state index contributed by atoms with van der Waals surface area (Å²) < 4.78 is 7.24. The zero-order valence-corrected chi connectivity index (χ0v) is 13.3. The Morgan fingerprint density at radius 3 is 2.82 bits per heavy atom. The zero-order valence-electron chi connectivity index (χ0n) is 13.3. The summed E-state index contributed by atoms with van der Waals surface area (Å²) in [5.74, 6) is 0.601. The van der Waals surface area contributed by atoms with Crippen LogP contribution in [-0.2, 0) is 11.3 Å². The van der Waals surface area contributed by atoms with Crippen molar-refractivity contribution < 1.29 is 4.74 Å². The standard InChI is InChI=1S/C16H26N4O2/c1-2-19-10-7-17-15(16(19)21)20-8-5-13(6-9-20)18-14-4-3-11-22-12-14/h7,10,13-14,18H,2-6,8-9,11-12H2,1H3. The van der Waals surface area contributed by atoms with Gasteiger partial charge in [-0.3, -0.25) is 4.79 Å². The van der Waals surface area contributed by atoms with E-state index in [1.807, 2.05) is 6.92 Å². The molecule has 1 unspecified atom stereocenters. The summed E-state index contributed by atoms with van der Waals surface area (Å²) in [5, 5.41) is 3.71. The Labute approximate surface area is 131 Å². The summed E-state index contributed by atoms with van der Waals surface area (Å²) in [5.41, 5.74) is 0.0251. The summed E-state index contributed by atoms with van der Waals surface area (Å²) >= 11 is 0. The lowest BCUT2D eigenvalue weighted by atomic mass is 10.0. The monoisotopic (exact) mass is 306 g/mol. The maximum atomic E-state index is 12.3. The predicted octanol–water partition coefficient (Wildman–Crippen LogP) is 1.00. The van der Waals surface area contributed by atoms with Crippen LogP contribution in [0.4, 0.5) is 5.82 Å². The van der Waals surface area contributed by atoms with E-state index in [2.05, 4.69) is 15.2 Å². The van der Waals surface area contributed by atoms with E-state index < -0.39 is 0 Å². The molecule has 3 rings (SSSR count). The van der Waals surface area contributed by atoms with Crippen LogP contribution in [-0.4, -0.2) is 47.9 Å². The van der Waals surface area contributed by atoms with Gasteiger partial charge in [-0.2, -0.15) is 0 Å². The highest BCUT2D eigenvalue weighted by molar-refractivity contribution is 5.36. The van der Waals surface area contributed by atoms with Gasteiger partial charge in [-0.05, 0) is 32.6 Å². The van der Waals surface area contributed by atoms with E-state index in [-0.39, 0.29) is 5.56 Å². The smallest absolute Gasteiger partial charge is 0.293 e. The fraction of sp³-hybridized carbons (Fsp3) is 0.750. The zero-order chi connectivity index (χ0) is 15.4. The van der Waals surface area contributed by atoms with E-state index in [1.165, 1.54) is 6.42 Å². The molecule has 0 aromatic carbocycles. The molecule has 122 valence electrons. The van der Waals surface area contributed by atoms with E-state index >= 15 is 0 Å². The molecule has 0 radical (unpaired) electrons. The number of aromatic nitrogens is 2. The van der Waals surface area contributed by atoms with Gasteiger partial charge in [-0.25, -0.2) is 4.98 Å². The SMILES string of the molecule is CCn1ccnc(N2CCC(NC3CCCOC3)CC2)c1=O. The molecule has 6 heteroatoms. The van der Waals surface area contributed by atoms with Crippen LogP contribution in [0.5, 0.6) is 0 Å². The van der Waals surface area contributed by atoms with Gasteiger partial charge >= 0.3 is 0 Å². The molecule has 22 heavy (non-hydrogen) atoms. The molecule has 6 nitrogen and oxygen atoms in total. The fourth-order valence-corrected chi connectivity index (χ4v) is 3.37. The van der Waals surface area contributed by atoms with Gasteiger partial charge in [0.2, 0.25) is 0 Å². The Morgan fingerprint density at radius 1 is 1.32 bits per heavy atom. The van der Waals surface area contributed by atoms with Gasteiger partial charge in [-0.15, -0.1) is 0 Å². The van der Waals surface area contributed by atoms with Crippen LogP contribution in [0.3, 0.4) is 0 Å². The third kappa shape index (κ3) is 3.50. The highest BCUT2D eigenvalue weighted by Crippen LogP contribution is 2.16. The van der Waals surface area contributed by atoms with Crippen molar-refractivity contribution in [2.45, 2.75) is 51.2 Å². The third-order valence-electron chi connectivity index (χ3n) is 4.66. The topological polar surface area (TPSA) is 59.4 Å². The van der Waals surface area contributed by atoms with Crippen molar-refractivity contribution >= 4 is 5.82 Å². The summed E-state index contributed by atoms with van der Waals surface area (Å²) in [7, 11) is 0. The van der Waals surface area contributed by atoms with Crippen molar-refractivity contribution in [3.8, 4) is 0 Å². The number of piperidine rings is 1. The average Bonchev–Trinajstić information content (AvgIpc) is 2.57. The van der Waals surface area contributed by atoms with Gasteiger partial charge in [0.05, 0.1) is 6.61 Å². The van der Waals surface area contributed by atoms with Crippen molar-refractivity contribution in [1.82, 2.24) is 14.9 Å². The van der Waals surface area contributed by atoms with E-state index in [1.54, 1.807) is 17.0 Å². The molecule has 2 fully saturated rings. The number of ether oxygens (including phenoxy) is 1. The third-order valence-corrected chi connectivity index (χ3v) is 4.66. The first kappa shape index (κ1) is 15.5. The highest BCUT2D eigenvalue weighted by Gasteiger charge is 2.24. The lowest BCUT2D eigenvalue weighted by Gasteiger charge is -2.35. The van der Waals surface area contributed by atoms with E-state index in [0.29, 0.717) is 24.4 Å². The number of hydrogen-bond donors (Lipinski definition) is 1. The van der Waals surface area contributed by atoms with E-state index in [0.717, 1.165) is 45.6 Å². The Kier molecular flexibility index (Phi) is 5.10. The maximum absolute atomic E-state index is 12.3. The molecule has 2 saturated heterocycles. The first-order valence-electron chi connectivity index (χ1n) is 8.42. The van der Waals surface area contributed by atoms with Gasteiger partial charge in [0.25, 0.3) is 5.56 Å². The molecule has 0 saturated carbocycles. The highest BCUT2D eigenvalue weighted by atomic mass is 16.5. The number of nitrogens with one attached hydrogen (secondary N) is 1. The minimum Gasteiger partial charge on any atom is -0.380 e. The maximum Gasteiger partial charge on any atom is 0.293 e. The molecule has 3 heterocycles. The van der Waals surface area contributed by atoms with Crippen LogP contribution in [0.15, 0.2) is 17.2 Å². The van der Waals surface area contributed by atoms with Crippen LogP contribution < -0.4 is 15.8 Å². The van der Waals surface area contributed by atoms with E-state index in [4.69, 9.17) is 4.74 Å². The molecule has 1 aromatic rings. The first-order chi connectivity index (χ1) is 10.8. The average molecular weight is 306 g/mol. The first-order valence-corrected chi connectivity index (χ1v) is 8.42. The van der Waals surface area contributed by atoms with Crippen LogP contribution in [0.2, 0.25) is 0 Å². The van der Waals surface area contributed by atoms with Crippen LogP contribution >= 0.6 is 0 Å². The van der Waals surface area contributed by atoms with Gasteiger partial charge in [0.1, 0.15) is 0 Å². The van der Waals surface area contributed by atoms with Gasteiger partial charge in [0.15, 0.2) is 5.82 Å². The van der Waals surface area contributed by atoms with Crippen molar-refractivity contribution in [2.75, 3.05) is 31.2 Å². The molecule has 1 aromatic heterocycles. The number of anilines is 1. The molecule has 0 amide bonds. The van der Waals surface area contributed by atoms with Gasteiger partial charge in [-0.1, -0.05) is 0 Å². The van der Waals surface area contributed by atoms with Crippen molar-refractivity contribution in [2.24, 2.45) is 0 Å². The normalized spacial score (nSPS) is 23.7. The van der Waals surface area contributed by atoms with Crippen molar-refractivity contribution in [3.05, 3.63) is 22.7 Å². The van der Waals surface area contributed by atoms with Crippen LogP contribution in [0, 0.1) is 0 Å². The summed E-state index contributed by atoms with van der Waals surface area (Å²) in [6, 6.07) is 1.03. The van der Waals surface area contributed by atoms with Crippen LogP contribution in [0.1, 0.15) is 32.6 Å². The largest absolute Gasteiger partial charge is 0.380 e. The minimum atomic E-state index is 0.0251. The van der Waals surface area contributed by atoms with Crippen molar-refractivity contribution in [1.29, 1.82) is 0 Å². The molecule has 2 aliphatic rings. The molecular weight excluding hydrogens is 280 g/mol. The second-order valence-corrected chi connectivity index (χ2v) is 6.18. The molecule has 1 N–H and O–H groups in total.